The third kappa shape index (κ3) is 3.28. The summed E-state index contributed by atoms with van der Waals surface area (Å²) >= 11 is 1.65. The summed E-state index contributed by atoms with van der Waals surface area (Å²) in [4.78, 5) is 4.31. The lowest BCUT2D eigenvalue weighted by atomic mass is 9.99. The van der Waals surface area contributed by atoms with Crippen molar-refractivity contribution >= 4 is 21.4 Å². The van der Waals surface area contributed by atoms with E-state index in [-0.39, 0.29) is 12.4 Å². The van der Waals surface area contributed by atoms with Crippen LogP contribution in [0, 0.1) is 0 Å². The minimum atomic E-state index is -3.15. The molecule has 0 atom stereocenters. The maximum atomic E-state index is 12.0. The quantitative estimate of drug-likeness (QED) is 0.820. The van der Waals surface area contributed by atoms with Crippen LogP contribution in [0.2, 0.25) is 0 Å². The zero-order valence-electron chi connectivity index (χ0n) is 10.4. The molecule has 0 N–H and O–H groups in total. The summed E-state index contributed by atoms with van der Waals surface area (Å²) in [5.74, 6) is 0.490. The summed E-state index contributed by atoms with van der Waals surface area (Å²) in [7, 11) is -1.63. The van der Waals surface area contributed by atoms with E-state index in [4.69, 9.17) is 4.74 Å². The first-order valence-electron chi connectivity index (χ1n) is 5.99. The molecule has 1 aromatic rings. The summed E-state index contributed by atoms with van der Waals surface area (Å²) in [6.45, 7) is 1.45. The average Bonchev–Trinajstić information content (AvgIpc) is 2.90. The highest BCUT2D eigenvalue weighted by Gasteiger charge is 2.29. The van der Waals surface area contributed by atoms with E-state index in [1.54, 1.807) is 15.6 Å². The van der Waals surface area contributed by atoms with Gasteiger partial charge in [0.25, 0.3) is 0 Å². The first kappa shape index (κ1) is 13.9. The van der Waals surface area contributed by atoms with Crippen molar-refractivity contribution in [2.75, 3.05) is 32.6 Å². The van der Waals surface area contributed by atoms with E-state index in [9.17, 15) is 8.42 Å². The Hall–Kier alpha value is -0.500. The lowest BCUT2D eigenvalue weighted by Gasteiger charge is -2.30. The van der Waals surface area contributed by atoms with E-state index in [0.29, 0.717) is 19.0 Å². The summed E-state index contributed by atoms with van der Waals surface area (Å²) < 4.78 is 30.4. The fourth-order valence-corrected chi connectivity index (χ4v) is 4.35. The Bertz CT molecular complexity index is 451. The highest BCUT2D eigenvalue weighted by atomic mass is 32.2. The van der Waals surface area contributed by atoms with Crippen LogP contribution < -0.4 is 0 Å². The Balaban J connectivity index is 1.90. The van der Waals surface area contributed by atoms with Crippen molar-refractivity contribution in [3.63, 3.8) is 0 Å². The molecule has 1 saturated heterocycles. The van der Waals surface area contributed by atoms with Gasteiger partial charge in [0.15, 0.2) is 0 Å². The van der Waals surface area contributed by atoms with Gasteiger partial charge in [0.2, 0.25) is 10.0 Å². The molecule has 0 unspecified atom stereocenters. The van der Waals surface area contributed by atoms with E-state index in [1.807, 2.05) is 11.6 Å². The summed E-state index contributed by atoms with van der Waals surface area (Å²) in [5, 5.41) is 3.10. The molecule has 0 radical (unpaired) electrons. The molecule has 0 aliphatic carbocycles. The minimum absolute atomic E-state index is 0.0748. The van der Waals surface area contributed by atoms with Crippen LogP contribution in [-0.2, 0) is 14.8 Å². The lowest BCUT2D eigenvalue weighted by molar-refractivity contribution is 0.214. The molecule has 0 saturated carbocycles. The third-order valence-electron chi connectivity index (χ3n) is 3.19. The maximum Gasteiger partial charge on any atom is 0.216 e. The molecule has 2 rings (SSSR count). The molecule has 2 heterocycles. The van der Waals surface area contributed by atoms with Gasteiger partial charge in [-0.2, -0.15) is 0 Å². The van der Waals surface area contributed by atoms with Crippen LogP contribution in [-0.4, -0.2) is 50.3 Å². The zero-order chi connectivity index (χ0) is 13.0. The number of piperidine rings is 1. The van der Waals surface area contributed by atoms with Crippen molar-refractivity contribution in [3.05, 3.63) is 16.6 Å². The molecule has 5 nitrogen and oxygen atoms in total. The Morgan fingerprint density at radius 3 is 2.78 bits per heavy atom. The molecule has 0 bridgehead atoms. The van der Waals surface area contributed by atoms with E-state index in [2.05, 4.69) is 4.98 Å². The molecule has 1 aromatic heterocycles. The topological polar surface area (TPSA) is 59.5 Å². The number of aromatic nitrogens is 1. The van der Waals surface area contributed by atoms with Gasteiger partial charge in [-0.25, -0.2) is 17.7 Å². The van der Waals surface area contributed by atoms with Gasteiger partial charge in [0.05, 0.1) is 17.4 Å². The second kappa shape index (κ2) is 6.10. The van der Waals surface area contributed by atoms with Gasteiger partial charge in [-0.05, 0) is 12.8 Å². The molecule has 102 valence electrons. The van der Waals surface area contributed by atoms with Gasteiger partial charge in [-0.15, -0.1) is 11.3 Å². The van der Waals surface area contributed by atoms with Crippen molar-refractivity contribution in [2.24, 2.45) is 0 Å². The molecule has 7 heteroatoms. The SMILES string of the molecule is COCCS(=O)(=O)N1CCC(c2nccs2)CC1. The fraction of sp³-hybridized carbons (Fsp3) is 0.727. The monoisotopic (exact) mass is 290 g/mol. The summed E-state index contributed by atoms with van der Waals surface area (Å²) in [5.41, 5.74) is 0. The molecule has 1 aliphatic rings. The molecular weight excluding hydrogens is 272 g/mol. The zero-order valence-corrected chi connectivity index (χ0v) is 12.0. The van der Waals surface area contributed by atoms with Crippen LogP contribution in [0.1, 0.15) is 23.8 Å². The highest BCUT2D eigenvalue weighted by molar-refractivity contribution is 7.89. The highest BCUT2D eigenvalue weighted by Crippen LogP contribution is 2.30. The van der Waals surface area contributed by atoms with Crippen LogP contribution in [0.4, 0.5) is 0 Å². The van der Waals surface area contributed by atoms with Crippen LogP contribution in [0.15, 0.2) is 11.6 Å². The number of hydrogen-bond donors (Lipinski definition) is 0. The van der Waals surface area contributed by atoms with Crippen molar-refractivity contribution in [1.29, 1.82) is 0 Å². The maximum absolute atomic E-state index is 12.0. The van der Waals surface area contributed by atoms with Gasteiger partial charge in [-0.3, -0.25) is 0 Å². The van der Waals surface area contributed by atoms with Crippen molar-refractivity contribution in [1.82, 2.24) is 9.29 Å². The smallest absolute Gasteiger partial charge is 0.216 e. The Morgan fingerprint density at radius 2 is 2.22 bits per heavy atom. The largest absolute Gasteiger partial charge is 0.384 e. The van der Waals surface area contributed by atoms with Gasteiger partial charge in [0, 0.05) is 37.7 Å². The lowest BCUT2D eigenvalue weighted by Crippen LogP contribution is -2.39. The van der Waals surface area contributed by atoms with E-state index in [0.717, 1.165) is 17.8 Å². The molecule has 1 fully saturated rings. The number of thiazole rings is 1. The van der Waals surface area contributed by atoms with Crippen molar-refractivity contribution < 1.29 is 13.2 Å². The first-order valence-corrected chi connectivity index (χ1v) is 8.48. The van der Waals surface area contributed by atoms with Gasteiger partial charge in [0.1, 0.15) is 0 Å². The van der Waals surface area contributed by atoms with Crippen molar-refractivity contribution in [2.45, 2.75) is 18.8 Å². The van der Waals surface area contributed by atoms with Crippen LogP contribution >= 0.6 is 11.3 Å². The number of hydrogen-bond acceptors (Lipinski definition) is 5. The number of ether oxygens (including phenoxy) is 1. The van der Waals surface area contributed by atoms with E-state index >= 15 is 0 Å². The van der Waals surface area contributed by atoms with Gasteiger partial charge >= 0.3 is 0 Å². The number of methoxy groups -OCH3 is 1. The average molecular weight is 290 g/mol. The third-order valence-corrected chi connectivity index (χ3v) is 5.97. The Kier molecular flexibility index (Phi) is 4.71. The molecular formula is C11H18N2O3S2. The standard InChI is InChI=1S/C11H18N2O3S2/c1-16-7-9-18(14,15)13-5-2-10(3-6-13)11-12-4-8-17-11/h4,8,10H,2-3,5-7,9H2,1H3. The molecule has 0 aromatic carbocycles. The minimum Gasteiger partial charge on any atom is -0.384 e. The summed E-state index contributed by atoms with van der Waals surface area (Å²) in [6.07, 6.45) is 3.53. The van der Waals surface area contributed by atoms with E-state index in [1.165, 1.54) is 7.11 Å². The number of nitrogens with zero attached hydrogens (tertiary/aromatic N) is 2. The Labute approximate surface area is 112 Å². The van der Waals surface area contributed by atoms with Gasteiger partial charge < -0.3 is 4.74 Å². The van der Waals surface area contributed by atoms with E-state index < -0.39 is 10.0 Å². The number of sulfonamides is 1. The predicted octanol–water partition coefficient (Wildman–Crippen LogP) is 1.30. The molecule has 18 heavy (non-hydrogen) atoms. The molecule has 1 aliphatic heterocycles. The van der Waals surface area contributed by atoms with Crippen LogP contribution in [0.5, 0.6) is 0 Å². The first-order chi connectivity index (χ1) is 8.63. The summed E-state index contributed by atoms with van der Waals surface area (Å²) in [6, 6.07) is 0. The van der Waals surface area contributed by atoms with Crippen LogP contribution in [0.3, 0.4) is 0 Å². The number of rotatable bonds is 5. The van der Waals surface area contributed by atoms with Crippen molar-refractivity contribution in [3.8, 4) is 0 Å². The molecule has 0 spiro atoms. The fourth-order valence-electron chi connectivity index (χ4n) is 2.13. The van der Waals surface area contributed by atoms with Gasteiger partial charge in [-0.1, -0.05) is 0 Å². The Morgan fingerprint density at radius 1 is 1.50 bits per heavy atom. The second-order valence-corrected chi connectivity index (χ2v) is 7.37. The normalized spacial score (nSPS) is 19.2. The second-order valence-electron chi connectivity index (χ2n) is 4.35. The predicted molar refractivity (Wildman–Crippen MR) is 71.3 cm³/mol. The molecule has 0 amide bonds. The van der Waals surface area contributed by atoms with Crippen LogP contribution in [0.25, 0.3) is 0 Å².